The minimum atomic E-state index is -0.459. The fraction of sp³-hybridized carbons (Fsp3) is 0.429. The van der Waals surface area contributed by atoms with Crippen molar-refractivity contribution in [3.63, 3.8) is 0 Å². The molecule has 1 unspecified atom stereocenters. The number of aliphatic imine (C=N–C) groups is 1. The zero-order valence-corrected chi connectivity index (χ0v) is 10.8. The number of benzene rings is 1. The van der Waals surface area contributed by atoms with Crippen LogP contribution in [0.4, 0.5) is 4.39 Å². The van der Waals surface area contributed by atoms with Gasteiger partial charge in [0.2, 0.25) is 0 Å². The average Bonchev–Trinajstić information content (AvgIpc) is 2.67. The summed E-state index contributed by atoms with van der Waals surface area (Å²) in [6.07, 6.45) is 1.87. The highest BCUT2D eigenvalue weighted by molar-refractivity contribution is 6.46. The van der Waals surface area contributed by atoms with Crippen molar-refractivity contribution in [2.45, 2.75) is 18.5 Å². The fourth-order valence-corrected chi connectivity index (χ4v) is 2.73. The van der Waals surface area contributed by atoms with Crippen LogP contribution in [0.2, 0.25) is 0 Å². The largest absolute Gasteiger partial charge is 0.314 e. The minimum Gasteiger partial charge on any atom is -0.314 e. The van der Waals surface area contributed by atoms with Gasteiger partial charge in [-0.05, 0) is 43.7 Å². The standard InChI is InChI=1S/C14H16FN3O/c1-18-13(19)12(10-3-5-11(15)6-4-10)17-14(18)7-2-8-16-9-14/h3-6,16H,2,7-9H2,1H3. The Morgan fingerprint density at radius 2 is 2.11 bits per heavy atom. The molecule has 0 aromatic heterocycles. The fourth-order valence-electron chi connectivity index (χ4n) is 2.73. The summed E-state index contributed by atoms with van der Waals surface area (Å²) in [6.45, 7) is 1.64. The molecule has 2 aliphatic heterocycles. The van der Waals surface area contributed by atoms with E-state index in [1.54, 1.807) is 24.1 Å². The van der Waals surface area contributed by atoms with Gasteiger partial charge < -0.3 is 10.2 Å². The summed E-state index contributed by atoms with van der Waals surface area (Å²) in [5, 5.41) is 3.29. The van der Waals surface area contributed by atoms with E-state index in [1.165, 1.54) is 12.1 Å². The molecule has 1 aromatic carbocycles. The summed E-state index contributed by atoms with van der Waals surface area (Å²) in [5.74, 6) is -0.396. The van der Waals surface area contributed by atoms with Gasteiger partial charge in [0.15, 0.2) is 0 Å². The van der Waals surface area contributed by atoms with Gasteiger partial charge in [-0.1, -0.05) is 0 Å². The van der Waals surface area contributed by atoms with Crippen molar-refractivity contribution in [2.24, 2.45) is 4.99 Å². The molecule has 1 atom stereocenters. The van der Waals surface area contributed by atoms with Gasteiger partial charge >= 0.3 is 0 Å². The second-order valence-electron chi connectivity index (χ2n) is 5.09. The third kappa shape index (κ3) is 1.94. The molecule has 0 aliphatic carbocycles. The molecule has 2 heterocycles. The van der Waals surface area contributed by atoms with Crippen LogP contribution in [-0.2, 0) is 4.79 Å². The summed E-state index contributed by atoms with van der Waals surface area (Å²) in [6, 6.07) is 5.93. The number of piperidine rings is 1. The highest BCUT2D eigenvalue weighted by atomic mass is 19.1. The van der Waals surface area contributed by atoms with Crippen molar-refractivity contribution in [1.82, 2.24) is 10.2 Å². The van der Waals surface area contributed by atoms with E-state index in [-0.39, 0.29) is 11.7 Å². The first-order chi connectivity index (χ1) is 9.12. The lowest BCUT2D eigenvalue weighted by Crippen LogP contribution is -2.53. The first-order valence-electron chi connectivity index (χ1n) is 6.47. The number of carbonyl (C=O) groups is 1. The molecule has 100 valence electrons. The number of likely N-dealkylation sites (N-methyl/N-ethyl adjacent to an activating group) is 1. The molecule has 1 fully saturated rings. The molecule has 0 radical (unpaired) electrons. The maximum absolute atomic E-state index is 13.0. The van der Waals surface area contributed by atoms with E-state index in [9.17, 15) is 9.18 Å². The van der Waals surface area contributed by atoms with E-state index in [4.69, 9.17) is 0 Å². The molecule has 0 bridgehead atoms. The summed E-state index contributed by atoms with van der Waals surface area (Å²) < 4.78 is 13.0. The van der Waals surface area contributed by atoms with Crippen LogP contribution in [-0.4, -0.2) is 42.3 Å². The summed E-state index contributed by atoms with van der Waals surface area (Å²) in [7, 11) is 1.79. The SMILES string of the molecule is CN1C(=O)C(c2ccc(F)cc2)=NC12CCCNC2. The van der Waals surface area contributed by atoms with Crippen molar-refractivity contribution < 1.29 is 9.18 Å². The first-order valence-corrected chi connectivity index (χ1v) is 6.47. The number of rotatable bonds is 1. The Morgan fingerprint density at radius 3 is 2.74 bits per heavy atom. The zero-order chi connectivity index (χ0) is 13.5. The van der Waals surface area contributed by atoms with Crippen LogP contribution >= 0.6 is 0 Å². The van der Waals surface area contributed by atoms with Crippen molar-refractivity contribution in [2.75, 3.05) is 20.1 Å². The van der Waals surface area contributed by atoms with Crippen molar-refractivity contribution in [1.29, 1.82) is 0 Å². The van der Waals surface area contributed by atoms with Gasteiger partial charge in [-0.25, -0.2) is 9.38 Å². The molecule has 0 saturated carbocycles. The Bertz CT molecular complexity index is 532. The van der Waals surface area contributed by atoms with Crippen LogP contribution in [0.15, 0.2) is 29.3 Å². The summed E-state index contributed by atoms with van der Waals surface area (Å²) >= 11 is 0. The predicted molar refractivity (Wildman–Crippen MR) is 70.5 cm³/mol. The van der Waals surface area contributed by atoms with Crippen LogP contribution in [0.1, 0.15) is 18.4 Å². The average molecular weight is 261 g/mol. The molecule has 1 saturated heterocycles. The van der Waals surface area contributed by atoms with Crippen molar-refractivity contribution in [3.05, 3.63) is 35.6 Å². The minimum absolute atomic E-state index is 0.0877. The number of hydrogen-bond acceptors (Lipinski definition) is 3. The van der Waals surface area contributed by atoms with Gasteiger partial charge in [0.05, 0.1) is 0 Å². The van der Waals surface area contributed by atoms with Crippen LogP contribution in [0.3, 0.4) is 0 Å². The quantitative estimate of drug-likeness (QED) is 0.824. The van der Waals surface area contributed by atoms with Crippen molar-refractivity contribution >= 4 is 11.6 Å². The lowest BCUT2D eigenvalue weighted by molar-refractivity contribution is -0.126. The van der Waals surface area contributed by atoms with Crippen molar-refractivity contribution in [3.8, 4) is 0 Å². The van der Waals surface area contributed by atoms with Gasteiger partial charge in [0.1, 0.15) is 17.2 Å². The molecule has 19 heavy (non-hydrogen) atoms. The van der Waals surface area contributed by atoms with E-state index in [1.807, 2.05) is 0 Å². The van der Waals surface area contributed by atoms with E-state index in [0.29, 0.717) is 17.8 Å². The molecular formula is C14H16FN3O. The van der Waals surface area contributed by atoms with Crippen LogP contribution in [0.25, 0.3) is 0 Å². The van der Waals surface area contributed by atoms with E-state index in [0.717, 1.165) is 19.4 Å². The van der Waals surface area contributed by atoms with Crippen LogP contribution < -0.4 is 5.32 Å². The Labute approximate surface area is 111 Å². The lowest BCUT2D eigenvalue weighted by Gasteiger charge is -2.37. The summed E-state index contributed by atoms with van der Waals surface area (Å²) in [5.41, 5.74) is 0.658. The Hall–Kier alpha value is -1.75. The van der Waals surface area contributed by atoms with E-state index >= 15 is 0 Å². The second-order valence-corrected chi connectivity index (χ2v) is 5.09. The molecule has 1 N–H and O–H groups in total. The molecular weight excluding hydrogens is 245 g/mol. The zero-order valence-electron chi connectivity index (χ0n) is 10.8. The van der Waals surface area contributed by atoms with Gasteiger partial charge in [-0.15, -0.1) is 0 Å². The topological polar surface area (TPSA) is 44.7 Å². The van der Waals surface area contributed by atoms with Gasteiger partial charge in [0.25, 0.3) is 5.91 Å². The third-order valence-electron chi connectivity index (χ3n) is 3.91. The number of nitrogens with zero attached hydrogens (tertiary/aromatic N) is 2. The molecule has 5 heteroatoms. The Morgan fingerprint density at radius 1 is 1.37 bits per heavy atom. The smallest absolute Gasteiger partial charge is 0.274 e. The van der Waals surface area contributed by atoms with Gasteiger partial charge in [-0.2, -0.15) is 0 Å². The van der Waals surface area contributed by atoms with Gasteiger partial charge in [-0.3, -0.25) is 4.79 Å². The second kappa shape index (κ2) is 4.42. The maximum Gasteiger partial charge on any atom is 0.274 e. The number of carbonyl (C=O) groups excluding carboxylic acids is 1. The third-order valence-corrected chi connectivity index (χ3v) is 3.91. The number of hydrogen-bond donors (Lipinski definition) is 1. The number of halogens is 1. The molecule has 1 amide bonds. The molecule has 1 spiro atoms. The Kier molecular flexibility index (Phi) is 2.86. The molecule has 2 aliphatic rings. The lowest BCUT2D eigenvalue weighted by atomic mass is 10.00. The normalized spacial score (nSPS) is 26.9. The number of nitrogens with one attached hydrogen (secondary N) is 1. The molecule has 4 nitrogen and oxygen atoms in total. The monoisotopic (exact) mass is 261 g/mol. The summed E-state index contributed by atoms with van der Waals surface area (Å²) in [4.78, 5) is 18.7. The molecule has 1 aromatic rings. The Balaban J connectivity index is 1.99. The highest BCUT2D eigenvalue weighted by Gasteiger charge is 2.45. The van der Waals surface area contributed by atoms with Gasteiger partial charge in [0, 0.05) is 19.2 Å². The van der Waals surface area contributed by atoms with Crippen LogP contribution in [0, 0.1) is 5.82 Å². The molecule has 3 rings (SSSR count). The highest BCUT2D eigenvalue weighted by Crippen LogP contribution is 2.31. The number of amides is 1. The first kappa shape index (κ1) is 12.3. The predicted octanol–water partition coefficient (Wildman–Crippen LogP) is 1.17. The van der Waals surface area contributed by atoms with E-state index in [2.05, 4.69) is 10.3 Å². The van der Waals surface area contributed by atoms with Crippen LogP contribution in [0.5, 0.6) is 0 Å². The van der Waals surface area contributed by atoms with E-state index < -0.39 is 5.66 Å². The maximum atomic E-state index is 13.0.